The summed E-state index contributed by atoms with van der Waals surface area (Å²) in [5, 5.41) is 8.70. The summed E-state index contributed by atoms with van der Waals surface area (Å²) < 4.78 is 37.1. The Bertz CT molecular complexity index is 583. The number of halogens is 1. The minimum Gasteiger partial charge on any atom is -0.325 e. The topological polar surface area (TPSA) is 84.0 Å². The van der Waals surface area contributed by atoms with Crippen LogP contribution in [0.2, 0.25) is 0 Å². The van der Waals surface area contributed by atoms with Gasteiger partial charge in [-0.15, -0.1) is 0 Å². The molecule has 6 heteroatoms. The quantitative estimate of drug-likeness (QED) is 0.895. The highest BCUT2D eigenvalue weighted by molar-refractivity contribution is 7.90. The smallest absolute Gasteiger partial charge is 0.156 e. The standard InChI is InChI=1S/C12H15FN2O2S/c1-12(2,15)8-18(16,17)7-10-5-9(6-14)3-4-11(10)13/h3-5H,7-8,15H2,1-2H3. The number of nitriles is 1. The van der Waals surface area contributed by atoms with Crippen LogP contribution in [0.15, 0.2) is 18.2 Å². The van der Waals surface area contributed by atoms with Gasteiger partial charge in [-0.3, -0.25) is 0 Å². The molecule has 1 aromatic rings. The van der Waals surface area contributed by atoms with Crippen LogP contribution >= 0.6 is 0 Å². The van der Waals surface area contributed by atoms with Crippen LogP contribution in [0.5, 0.6) is 0 Å². The second kappa shape index (κ2) is 5.04. The molecule has 0 saturated heterocycles. The molecule has 1 rings (SSSR count). The van der Waals surface area contributed by atoms with E-state index in [1.165, 1.54) is 12.1 Å². The van der Waals surface area contributed by atoms with Gasteiger partial charge in [-0.1, -0.05) is 0 Å². The molecule has 1 aromatic carbocycles. The van der Waals surface area contributed by atoms with Gasteiger partial charge in [-0.25, -0.2) is 12.8 Å². The average molecular weight is 270 g/mol. The predicted octanol–water partition coefficient (Wildman–Crippen LogP) is 1.35. The fourth-order valence-corrected chi connectivity index (χ4v) is 3.54. The molecule has 0 spiro atoms. The van der Waals surface area contributed by atoms with E-state index in [-0.39, 0.29) is 16.9 Å². The van der Waals surface area contributed by atoms with Gasteiger partial charge in [0.25, 0.3) is 0 Å². The number of nitrogens with two attached hydrogens (primary N) is 1. The summed E-state index contributed by atoms with van der Waals surface area (Å²) in [4.78, 5) is 0. The van der Waals surface area contributed by atoms with Gasteiger partial charge in [-0.2, -0.15) is 5.26 Å². The third-order valence-electron chi connectivity index (χ3n) is 2.14. The van der Waals surface area contributed by atoms with E-state index in [9.17, 15) is 12.8 Å². The average Bonchev–Trinajstić information content (AvgIpc) is 2.17. The molecule has 98 valence electrons. The Morgan fingerprint density at radius 2 is 2.06 bits per heavy atom. The molecular weight excluding hydrogens is 255 g/mol. The SMILES string of the molecule is CC(C)(N)CS(=O)(=O)Cc1cc(C#N)ccc1F. The molecule has 0 aromatic heterocycles. The first-order valence-electron chi connectivity index (χ1n) is 5.31. The van der Waals surface area contributed by atoms with E-state index in [1.54, 1.807) is 13.8 Å². The first-order chi connectivity index (χ1) is 8.13. The van der Waals surface area contributed by atoms with Gasteiger partial charge in [0.2, 0.25) is 0 Å². The molecule has 0 aliphatic carbocycles. The minimum atomic E-state index is -3.51. The van der Waals surface area contributed by atoms with Crippen LogP contribution in [0.25, 0.3) is 0 Å². The summed E-state index contributed by atoms with van der Waals surface area (Å²) in [7, 11) is -3.51. The van der Waals surface area contributed by atoms with Crippen molar-refractivity contribution in [2.24, 2.45) is 5.73 Å². The van der Waals surface area contributed by atoms with E-state index >= 15 is 0 Å². The molecule has 0 saturated carbocycles. The first-order valence-corrected chi connectivity index (χ1v) is 7.13. The van der Waals surface area contributed by atoms with Crippen molar-refractivity contribution >= 4 is 9.84 Å². The van der Waals surface area contributed by atoms with E-state index in [2.05, 4.69) is 0 Å². The lowest BCUT2D eigenvalue weighted by Gasteiger charge is -2.18. The number of nitrogens with zero attached hydrogens (tertiary/aromatic N) is 1. The number of sulfone groups is 1. The lowest BCUT2D eigenvalue weighted by atomic mass is 10.1. The van der Waals surface area contributed by atoms with Crippen LogP contribution in [0.3, 0.4) is 0 Å². The zero-order valence-electron chi connectivity index (χ0n) is 10.3. The molecule has 18 heavy (non-hydrogen) atoms. The van der Waals surface area contributed by atoms with Crippen molar-refractivity contribution in [1.82, 2.24) is 0 Å². The van der Waals surface area contributed by atoms with Crippen molar-refractivity contribution in [3.8, 4) is 6.07 Å². The maximum Gasteiger partial charge on any atom is 0.156 e. The third kappa shape index (κ3) is 4.43. The highest BCUT2D eigenvalue weighted by Gasteiger charge is 2.23. The van der Waals surface area contributed by atoms with Crippen LogP contribution in [0.1, 0.15) is 25.0 Å². The van der Waals surface area contributed by atoms with Crippen LogP contribution in [-0.4, -0.2) is 19.7 Å². The zero-order valence-corrected chi connectivity index (χ0v) is 11.1. The monoisotopic (exact) mass is 270 g/mol. The summed E-state index contributed by atoms with van der Waals surface area (Å²) in [5.41, 5.74) is 5.00. The molecular formula is C12H15FN2O2S. The van der Waals surface area contributed by atoms with Crippen molar-refractivity contribution in [2.45, 2.75) is 25.1 Å². The predicted molar refractivity (Wildman–Crippen MR) is 66.9 cm³/mol. The molecule has 0 aliphatic rings. The summed E-state index contributed by atoms with van der Waals surface area (Å²) in [5.74, 6) is -1.32. The van der Waals surface area contributed by atoms with E-state index < -0.39 is 26.9 Å². The van der Waals surface area contributed by atoms with Gasteiger partial charge in [0, 0.05) is 11.1 Å². The van der Waals surface area contributed by atoms with Crippen molar-refractivity contribution in [3.63, 3.8) is 0 Å². The van der Waals surface area contributed by atoms with Gasteiger partial charge in [0.15, 0.2) is 9.84 Å². The second-order valence-electron chi connectivity index (χ2n) is 4.94. The normalized spacial score (nSPS) is 12.2. The Labute approximate surface area is 106 Å². The summed E-state index contributed by atoms with van der Waals surface area (Å²) >= 11 is 0. The van der Waals surface area contributed by atoms with Crippen LogP contribution < -0.4 is 5.73 Å². The third-order valence-corrected chi connectivity index (χ3v) is 4.08. The molecule has 0 amide bonds. The largest absolute Gasteiger partial charge is 0.325 e. The highest BCUT2D eigenvalue weighted by atomic mass is 32.2. The van der Waals surface area contributed by atoms with Gasteiger partial charge in [0.05, 0.1) is 23.1 Å². The Hall–Kier alpha value is -1.45. The van der Waals surface area contributed by atoms with Crippen molar-refractivity contribution in [3.05, 3.63) is 35.1 Å². The molecule has 0 aliphatic heterocycles. The molecule has 0 atom stereocenters. The summed E-state index contributed by atoms with van der Waals surface area (Å²) in [6.07, 6.45) is 0. The Kier molecular flexibility index (Phi) is 4.09. The number of rotatable bonds is 4. The van der Waals surface area contributed by atoms with E-state index in [0.717, 1.165) is 6.07 Å². The van der Waals surface area contributed by atoms with Gasteiger partial charge >= 0.3 is 0 Å². The fraction of sp³-hybridized carbons (Fsp3) is 0.417. The maximum absolute atomic E-state index is 13.5. The number of hydrogen-bond donors (Lipinski definition) is 1. The lowest BCUT2D eigenvalue weighted by Crippen LogP contribution is -2.40. The van der Waals surface area contributed by atoms with Gasteiger partial charge in [-0.05, 0) is 32.0 Å². The van der Waals surface area contributed by atoms with Crippen molar-refractivity contribution in [2.75, 3.05) is 5.75 Å². The molecule has 2 N–H and O–H groups in total. The second-order valence-corrected chi connectivity index (χ2v) is 7.00. The molecule has 0 unspecified atom stereocenters. The molecule has 0 heterocycles. The lowest BCUT2D eigenvalue weighted by molar-refractivity contribution is 0.541. The van der Waals surface area contributed by atoms with E-state index in [0.29, 0.717) is 0 Å². The van der Waals surface area contributed by atoms with Crippen molar-refractivity contribution in [1.29, 1.82) is 5.26 Å². The minimum absolute atomic E-state index is 0.00157. The summed E-state index contributed by atoms with van der Waals surface area (Å²) in [6.45, 7) is 3.18. The molecule has 0 bridgehead atoms. The Morgan fingerprint density at radius 3 is 2.56 bits per heavy atom. The van der Waals surface area contributed by atoms with Crippen molar-refractivity contribution < 1.29 is 12.8 Å². The van der Waals surface area contributed by atoms with E-state index in [4.69, 9.17) is 11.0 Å². The van der Waals surface area contributed by atoms with Crippen LogP contribution in [-0.2, 0) is 15.6 Å². The maximum atomic E-state index is 13.5. The first kappa shape index (κ1) is 14.6. The Morgan fingerprint density at radius 1 is 1.44 bits per heavy atom. The fourth-order valence-electron chi connectivity index (χ4n) is 1.61. The van der Waals surface area contributed by atoms with Gasteiger partial charge < -0.3 is 5.73 Å². The summed E-state index contributed by atoms with van der Waals surface area (Å²) in [6, 6.07) is 5.49. The van der Waals surface area contributed by atoms with Crippen LogP contribution in [0, 0.1) is 17.1 Å². The number of hydrogen-bond acceptors (Lipinski definition) is 4. The zero-order chi connectivity index (χ0) is 14.0. The molecule has 0 radical (unpaired) electrons. The molecule has 4 nitrogen and oxygen atoms in total. The highest BCUT2D eigenvalue weighted by Crippen LogP contribution is 2.16. The van der Waals surface area contributed by atoms with E-state index in [1.807, 2.05) is 6.07 Å². The number of benzene rings is 1. The van der Waals surface area contributed by atoms with Gasteiger partial charge in [0.1, 0.15) is 5.82 Å². The Balaban J connectivity index is 3.01. The molecule has 0 fully saturated rings. The van der Waals surface area contributed by atoms with Crippen LogP contribution in [0.4, 0.5) is 4.39 Å².